The van der Waals surface area contributed by atoms with Gasteiger partial charge in [-0.1, -0.05) is 20.3 Å². The molecule has 1 amide bonds. The van der Waals surface area contributed by atoms with E-state index in [0.717, 1.165) is 46.6 Å². The molecule has 7 nitrogen and oxygen atoms in total. The zero-order chi connectivity index (χ0) is 20.3. The van der Waals surface area contributed by atoms with Crippen molar-refractivity contribution in [1.82, 2.24) is 19.9 Å². The average Bonchev–Trinajstić information content (AvgIpc) is 3.10. The quantitative estimate of drug-likeness (QED) is 0.769. The lowest BCUT2D eigenvalue weighted by Crippen LogP contribution is -2.49. The zero-order valence-electron chi connectivity index (χ0n) is 17.1. The molecule has 0 spiro atoms. The third-order valence-electron chi connectivity index (χ3n) is 5.44. The first-order valence-corrected chi connectivity index (χ1v) is 10.8. The smallest absolute Gasteiger partial charge is 0.239 e. The molecule has 1 aliphatic heterocycles. The van der Waals surface area contributed by atoms with E-state index in [-0.39, 0.29) is 17.7 Å². The molecule has 2 atom stereocenters. The number of nitrogens with two attached hydrogens (primary N) is 1. The van der Waals surface area contributed by atoms with E-state index in [9.17, 15) is 4.79 Å². The van der Waals surface area contributed by atoms with Crippen LogP contribution in [-0.2, 0) is 4.79 Å². The second-order valence-electron chi connectivity index (χ2n) is 7.66. The summed E-state index contributed by atoms with van der Waals surface area (Å²) in [7, 11) is 0. The Balaban J connectivity index is 1.64. The number of nitrogens with one attached hydrogen (secondary N) is 1. The van der Waals surface area contributed by atoms with Gasteiger partial charge in [-0.15, -0.1) is 11.3 Å². The molecule has 0 radical (unpaired) electrons. The van der Waals surface area contributed by atoms with Crippen LogP contribution in [0.1, 0.15) is 55.4 Å². The highest BCUT2D eigenvalue weighted by Crippen LogP contribution is 2.28. The third kappa shape index (κ3) is 4.86. The fraction of sp³-hybridized carbons (Fsp3) is 0.600. The molecule has 2 aromatic rings. The van der Waals surface area contributed by atoms with E-state index in [2.05, 4.69) is 22.2 Å². The Morgan fingerprint density at radius 1 is 1.36 bits per heavy atom. The van der Waals surface area contributed by atoms with Gasteiger partial charge in [0.1, 0.15) is 11.6 Å². The molecule has 2 unspecified atom stereocenters. The molecular weight excluding hydrogens is 372 g/mol. The Kier molecular flexibility index (Phi) is 6.61. The normalized spacial score (nSPS) is 17.4. The number of hydrogen-bond acceptors (Lipinski definition) is 7. The summed E-state index contributed by atoms with van der Waals surface area (Å²) in [5.74, 6) is 2.14. The minimum absolute atomic E-state index is 0.0689. The first-order chi connectivity index (χ1) is 13.4. The van der Waals surface area contributed by atoms with E-state index in [1.165, 1.54) is 0 Å². The first kappa shape index (κ1) is 20.7. The number of carbonyl (C=O) groups excluding carboxylic acids is 1. The molecule has 3 N–H and O–H groups in total. The van der Waals surface area contributed by atoms with Crippen molar-refractivity contribution >= 4 is 28.2 Å². The van der Waals surface area contributed by atoms with Crippen molar-refractivity contribution in [3.05, 3.63) is 28.7 Å². The van der Waals surface area contributed by atoms with Crippen LogP contribution in [0.2, 0.25) is 0 Å². The largest absolute Gasteiger partial charge is 0.341 e. The maximum Gasteiger partial charge on any atom is 0.239 e. The summed E-state index contributed by atoms with van der Waals surface area (Å²) in [5, 5.41) is 4.12. The fourth-order valence-corrected chi connectivity index (χ4v) is 4.10. The van der Waals surface area contributed by atoms with E-state index in [0.29, 0.717) is 13.1 Å². The minimum atomic E-state index is -0.408. The van der Waals surface area contributed by atoms with Gasteiger partial charge in [-0.2, -0.15) is 0 Å². The maximum atomic E-state index is 12.6. The molecule has 8 heteroatoms. The summed E-state index contributed by atoms with van der Waals surface area (Å²) < 4.78 is 0. The van der Waals surface area contributed by atoms with Crippen LogP contribution in [0, 0.1) is 19.8 Å². The predicted octanol–water partition coefficient (Wildman–Crippen LogP) is 3.37. The monoisotopic (exact) mass is 402 g/mol. The van der Waals surface area contributed by atoms with Gasteiger partial charge < -0.3 is 16.0 Å². The minimum Gasteiger partial charge on any atom is -0.341 e. The van der Waals surface area contributed by atoms with Crippen LogP contribution >= 0.6 is 11.3 Å². The van der Waals surface area contributed by atoms with Crippen molar-refractivity contribution in [2.24, 2.45) is 11.7 Å². The summed E-state index contributed by atoms with van der Waals surface area (Å²) in [6.45, 7) is 9.53. The number of aryl methyl sites for hydroxylation is 2. The number of thiazole rings is 1. The first-order valence-electron chi connectivity index (χ1n) is 9.96. The van der Waals surface area contributed by atoms with Crippen molar-refractivity contribution in [1.29, 1.82) is 0 Å². The van der Waals surface area contributed by atoms with Crippen molar-refractivity contribution in [3.8, 4) is 0 Å². The summed E-state index contributed by atoms with van der Waals surface area (Å²) >= 11 is 1.60. The van der Waals surface area contributed by atoms with Gasteiger partial charge in [0.25, 0.3) is 0 Å². The number of likely N-dealkylation sites (tertiary alicyclic amines) is 1. The molecule has 1 saturated heterocycles. The lowest BCUT2D eigenvalue weighted by atomic mass is 9.93. The summed E-state index contributed by atoms with van der Waals surface area (Å²) in [6.07, 6.45) is 4.48. The van der Waals surface area contributed by atoms with Gasteiger partial charge >= 0.3 is 0 Å². The topological polar surface area (TPSA) is 97.0 Å². The number of hydrogen-bond donors (Lipinski definition) is 2. The summed E-state index contributed by atoms with van der Waals surface area (Å²) in [6, 6.07) is 1.53. The molecule has 0 aliphatic carbocycles. The van der Waals surface area contributed by atoms with Crippen LogP contribution in [0.3, 0.4) is 0 Å². The number of nitrogens with zero attached hydrogens (tertiary/aromatic N) is 4. The Morgan fingerprint density at radius 2 is 2.07 bits per heavy atom. The molecule has 2 aromatic heterocycles. The Morgan fingerprint density at radius 3 is 2.68 bits per heavy atom. The lowest BCUT2D eigenvalue weighted by molar-refractivity contribution is -0.134. The molecule has 0 aromatic carbocycles. The second-order valence-corrected chi connectivity index (χ2v) is 8.90. The number of aromatic nitrogens is 3. The third-order valence-corrected chi connectivity index (χ3v) is 6.27. The molecule has 0 bridgehead atoms. The molecular formula is C20H30N6OS. The molecule has 1 aliphatic rings. The highest BCUT2D eigenvalue weighted by molar-refractivity contribution is 7.15. The molecule has 3 heterocycles. The van der Waals surface area contributed by atoms with Gasteiger partial charge in [-0.25, -0.2) is 15.0 Å². The highest BCUT2D eigenvalue weighted by Gasteiger charge is 2.30. The Bertz CT molecular complexity index is 815. The zero-order valence-corrected chi connectivity index (χ0v) is 17.9. The maximum absolute atomic E-state index is 12.6. The van der Waals surface area contributed by atoms with E-state index >= 15 is 0 Å². The van der Waals surface area contributed by atoms with Gasteiger partial charge in [0.2, 0.25) is 5.91 Å². The number of carbonyl (C=O) groups is 1. The number of piperidine rings is 1. The molecule has 0 saturated carbocycles. The summed E-state index contributed by atoms with van der Waals surface area (Å²) in [4.78, 5) is 29.4. The molecule has 28 heavy (non-hydrogen) atoms. The van der Waals surface area contributed by atoms with Gasteiger partial charge in [0, 0.05) is 41.8 Å². The number of anilines is 2. The number of amides is 1. The predicted molar refractivity (Wildman–Crippen MR) is 113 cm³/mol. The van der Waals surface area contributed by atoms with Crippen LogP contribution in [0.4, 0.5) is 10.9 Å². The van der Waals surface area contributed by atoms with E-state index in [4.69, 9.17) is 10.7 Å². The van der Waals surface area contributed by atoms with Crippen molar-refractivity contribution in [2.45, 2.75) is 58.9 Å². The van der Waals surface area contributed by atoms with Crippen LogP contribution in [0.5, 0.6) is 0 Å². The van der Waals surface area contributed by atoms with E-state index < -0.39 is 6.04 Å². The van der Waals surface area contributed by atoms with Gasteiger partial charge in [0.05, 0.1) is 6.04 Å². The highest BCUT2D eigenvalue weighted by atomic mass is 32.1. The Labute approximate surface area is 170 Å². The average molecular weight is 403 g/mol. The van der Waals surface area contributed by atoms with Crippen molar-refractivity contribution in [2.75, 3.05) is 18.4 Å². The van der Waals surface area contributed by atoms with Crippen LogP contribution in [-0.4, -0.2) is 44.9 Å². The second kappa shape index (κ2) is 8.96. The SMILES string of the molecule is CCC(C)C(N)C(=O)N1CCC(c2nc(C)cc(Nc3ncc(C)s3)n2)CC1. The van der Waals surface area contributed by atoms with Crippen LogP contribution in [0.25, 0.3) is 0 Å². The van der Waals surface area contributed by atoms with Crippen molar-refractivity contribution in [3.63, 3.8) is 0 Å². The van der Waals surface area contributed by atoms with Gasteiger partial charge in [-0.3, -0.25) is 4.79 Å². The standard InChI is InChI=1S/C20H30N6OS/c1-5-12(2)17(21)19(27)26-8-6-15(7-9-26)18-23-13(3)10-16(24-18)25-20-22-11-14(4)28-20/h10-12,15,17H,5-9,21H2,1-4H3,(H,22,23,24,25). The fourth-order valence-electron chi connectivity index (χ4n) is 3.43. The molecule has 1 fully saturated rings. The van der Waals surface area contributed by atoms with Crippen LogP contribution < -0.4 is 11.1 Å². The van der Waals surface area contributed by atoms with Crippen molar-refractivity contribution < 1.29 is 4.79 Å². The summed E-state index contributed by atoms with van der Waals surface area (Å²) in [5.41, 5.74) is 7.06. The van der Waals surface area contributed by atoms with E-state index in [1.54, 1.807) is 11.3 Å². The lowest BCUT2D eigenvalue weighted by Gasteiger charge is -2.34. The van der Waals surface area contributed by atoms with E-state index in [1.807, 2.05) is 37.9 Å². The van der Waals surface area contributed by atoms with Gasteiger partial charge in [0.15, 0.2) is 5.13 Å². The number of rotatable bonds is 6. The molecule has 152 valence electrons. The Hall–Kier alpha value is -2.06. The van der Waals surface area contributed by atoms with Gasteiger partial charge in [-0.05, 0) is 32.6 Å². The van der Waals surface area contributed by atoms with Crippen LogP contribution in [0.15, 0.2) is 12.3 Å². The molecule has 3 rings (SSSR count).